The van der Waals surface area contributed by atoms with Gasteiger partial charge in [-0.15, -0.1) is 0 Å². The summed E-state index contributed by atoms with van der Waals surface area (Å²) in [6.07, 6.45) is 1.76. The number of hydrogen-bond acceptors (Lipinski definition) is 3. The topological polar surface area (TPSA) is 75.6 Å². The Morgan fingerprint density at radius 2 is 2.09 bits per heavy atom. The Hall–Kier alpha value is -1.59. The Morgan fingerprint density at radius 3 is 2.59 bits per heavy atom. The number of hydrogen-bond donors (Lipinski definition) is 2. The molecular formula is C16H20ClNO4. The van der Waals surface area contributed by atoms with Gasteiger partial charge in [0.25, 0.3) is 0 Å². The molecule has 0 spiro atoms. The Morgan fingerprint density at radius 1 is 1.41 bits per heavy atom. The van der Waals surface area contributed by atoms with Gasteiger partial charge in [0.05, 0.1) is 12.5 Å². The van der Waals surface area contributed by atoms with E-state index in [-0.39, 0.29) is 18.2 Å². The predicted octanol–water partition coefficient (Wildman–Crippen LogP) is 2.57. The van der Waals surface area contributed by atoms with Crippen molar-refractivity contribution < 1.29 is 19.4 Å². The van der Waals surface area contributed by atoms with Gasteiger partial charge in [0, 0.05) is 11.6 Å². The average Bonchev–Trinajstić information content (AvgIpc) is 2.54. The van der Waals surface area contributed by atoms with Crippen LogP contribution in [-0.2, 0) is 19.9 Å². The first kappa shape index (κ1) is 16.8. The second kappa shape index (κ2) is 7.11. The molecule has 0 radical (unpaired) electrons. The average molecular weight is 326 g/mol. The quantitative estimate of drug-likeness (QED) is 0.872. The second-order valence-electron chi connectivity index (χ2n) is 5.47. The molecule has 2 rings (SSSR count). The van der Waals surface area contributed by atoms with Gasteiger partial charge in [0.1, 0.15) is 0 Å². The van der Waals surface area contributed by atoms with Crippen LogP contribution in [-0.4, -0.2) is 30.2 Å². The van der Waals surface area contributed by atoms with Crippen LogP contribution in [0.25, 0.3) is 0 Å². The molecule has 1 aromatic rings. The molecule has 1 fully saturated rings. The number of ether oxygens (including phenoxy) is 1. The number of halogens is 1. The van der Waals surface area contributed by atoms with Gasteiger partial charge in [0.2, 0.25) is 5.91 Å². The first-order chi connectivity index (χ1) is 10.5. The monoisotopic (exact) mass is 325 g/mol. The van der Waals surface area contributed by atoms with Gasteiger partial charge < -0.3 is 15.2 Å². The molecule has 2 unspecified atom stereocenters. The minimum absolute atomic E-state index is 0.239. The SMILES string of the molecule is CCC(NC(=O)C1CCCOC1)(C(=O)O)c1ccc(Cl)cc1. The first-order valence-electron chi connectivity index (χ1n) is 7.39. The molecule has 0 bridgehead atoms. The molecule has 1 saturated heterocycles. The molecule has 1 aliphatic heterocycles. The van der Waals surface area contributed by atoms with Crippen molar-refractivity contribution in [2.45, 2.75) is 31.7 Å². The van der Waals surface area contributed by atoms with Crippen LogP contribution < -0.4 is 5.32 Å². The fourth-order valence-corrected chi connectivity index (χ4v) is 2.81. The highest BCUT2D eigenvalue weighted by atomic mass is 35.5. The van der Waals surface area contributed by atoms with Gasteiger partial charge in [-0.2, -0.15) is 0 Å². The largest absolute Gasteiger partial charge is 0.479 e. The van der Waals surface area contributed by atoms with Crippen molar-refractivity contribution in [2.75, 3.05) is 13.2 Å². The van der Waals surface area contributed by atoms with Crippen LogP contribution in [0.15, 0.2) is 24.3 Å². The number of carboxylic acids is 1. The lowest BCUT2D eigenvalue weighted by molar-refractivity contribution is -0.150. The van der Waals surface area contributed by atoms with Gasteiger partial charge in [0.15, 0.2) is 5.54 Å². The minimum Gasteiger partial charge on any atom is -0.479 e. The van der Waals surface area contributed by atoms with Crippen molar-refractivity contribution >= 4 is 23.5 Å². The Kier molecular flexibility index (Phi) is 5.42. The third kappa shape index (κ3) is 3.42. The second-order valence-corrected chi connectivity index (χ2v) is 5.91. The predicted molar refractivity (Wildman–Crippen MR) is 82.7 cm³/mol. The molecule has 120 valence electrons. The minimum atomic E-state index is -1.45. The van der Waals surface area contributed by atoms with Gasteiger partial charge in [-0.05, 0) is 37.0 Å². The molecule has 22 heavy (non-hydrogen) atoms. The number of nitrogens with one attached hydrogen (secondary N) is 1. The number of benzene rings is 1. The summed E-state index contributed by atoms with van der Waals surface area (Å²) in [6, 6.07) is 6.52. The van der Waals surface area contributed by atoms with E-state index < -0.39 is 11.5 Å². The normalized spacial score (nSPS) is 20.9. The van der Waals surface area contributed by atoms with Crippen LogP contribution in [0, 0.1) is 5.92 Å². The Balaban J connectivity index is 2.27. The first-order valence-corrected chi connectivity index (χ1v) is 7.76. The maximum atomic E-state index is 12.4. The number of carbonyl (C=O) groups is 2. The molecule has 1 heterocycles. The molecule has 0 saturated carbocycles. The van der Waals surface area contributed by atoms with Gasteiger partial charge >= 0.3 is 5.97 Å². The third-order valence-electron chi connectivity index (χ3n) is 4.10. The van der Waals surface area contributed by atoms with Crippen LogP contribution in [0.5, 0.6) is 0 Å². The summed E-state index contributed by atoms with van der Waals surface area (Å²) in [6.45, 7) is 2.73. The van der Waals surface area contributed by atoms with Crippen LogP contribution in [0.1, 0.15) is 31.7 Å². The van der Waals surface area contributed by atoms with Crippen LogP contribution in [0.2, 0.25) is 5.02 Å². The van der Waals surface area contributed by atoms with Crippen molar-refractivity contribution in [3.63, 3.8) is 0 Å². The Bertz CT molecular complexity index is 540. The summed E-state index contributed by atoms with van der Waals surface area (Å²) in [4.78, 5) is 24.3. The number of carbonyl (C=O) groups excluding carboxylic acids is 1. The molecule has 0 aromatic heterocycles. The maximum Gasteiger partial charge on any atom is 0.334 e. The lowest BCUT2D eigenvalue weighted by atomic mass is 9.86. The van der Waals surface area contributed by atoms with Crippen molar-refractivity contribution in [3.05, 3.63) is 34.9 Å². The fraction of sp³-hybridized carbons (Fsp3) is 0.500. The number of aliphatic carboxylic acids is 1. The van der Waals surface area contributed by atoms with E-state index in [9.17, 15) is 14.7 Å². The van der Waals surface area contributed by atoms with E-state index in [1.165, 1.54) is 0 Å². The number of amides is 1. The van der Waals surface area contributed by atoms with Crippen LogP contribution in [0.4, 0.5) is 0 Å². The van der Waals surface area contributed by atoms with E-state index in [4.69, 9.17) is 16.3 Å². The van der Waals surface area contributed by atoms with Gasteiger partial charge in [-0.1, -0.05) is 30.7 Å². The zero-order chi connectivity index (χ0) is 16.2. The van der Waals surface area contributed by atoms with E-state index in [2.05, 4.69) is 5.32 Å². The molecular weight excluding hydrogens is 306 g/mol. The highest BCUT2D eigenvalue weighted by Crippen LogP contribution is 2.28. The zero-order valence-corrected chi connectivity index (χ0v) is 13.2. The van der Waals surface area contributed by atoms with E-state index in [1.807, 2.05) is 0 Å². The smallest absolute Gasteiger partial charge is 0.334 e. The lowest BCUT2D eigenvalue weighted by Gasteiger charge is -2.32. The fourth-order valence-electron chi connectivity index (χ4n) is 2.69. The zero-order valence-electron chi connectivity index (χ0n) is 12.5. The van der Waals surface area contributed by atoms with E-state index in [1.54, 1.807) is 31.2 Å². The van der Waals surface area contributed by atoms with E-state index >= 15 is 0 Å². The molecule has 2 N–H and O–H groups in total. The van der Waals surface area contributed by atoms with Crippen molar-refractivity contribution in [1.29, 1.82) is 0 Å². The number of rotatable bonds is 5. The van der Waals surface area contributed by atoms with Crippen molar-refractivity contribution in [3.8, 4) is 0 Å². The molecule has 0 aliphatic carbocycles. The summed E-state index contributed by atoms with van der Waals surface area (Å²) in [5.41, 5.74) is -0.934. The van der Waals surface area contributed by atoms with Gasteiger partial charge in [-0.3, -0.25) is 4.79 Å². The summed E-state index contributed by atoms with van der Waals surface area (Å²) in [5.74, 6) is -1.66. The summed E-state index contributed by atoms with van der Waals surface area (Å²) in [7, 11) is 0. The summed E-state index contributed by atoms with van der Waals surface area (Å²) in [5, 5.41) is 13.0. The van der Waals surface area contributed by atoms with Crippen molar-refractivity contribution in [2.24, 2.45) is 5.92 Å². The van der Waals surface area contributed by atoms with E-state index in [0.717, 1.165) is 6.42 Å². The highest BCUT2D eigenvalue weighted by Gasteiger charge is 2.41. The molecule has 6 heteroatoms. The van der Waals surface area contributed by atoms with E-state index in [0.29, 0.717) is 30.2 Å². The van der Waals surface area contributed by atoms with Crippen LogP contribution in [0.3, 0.4) is 0 Å². The molecule has 2 atom stereocenters. The molecule has 1 amide bonds. The molecule has 5 nitrogen and oxygen atoms in total. The highest BCUT2D eigenvalue weighted by molar-refractivity contribution is 6.30. The molecule has 1 aromatic carbocycles. The summed E-state index contributed by atoms with van der Waals surface area (Å²) < 4.78 is 5.31. The standard InChI is InChI=1S/C16H20ClNO4/c1-2-16(15(20)21,12-5-7-13(17)8-6-12)18-14(19)11-4-3-9-22-10-11/h5-8,11H,2-4,9-10H2,1H3,(H,18,19)(H,20,21). The van der Waals surface area contributed by atoms with Gasteiger partial charge in [-0.25, -0.2) is 4.79 Å². The maximum absolute atomic E-state index is 12.4. The third-order valence-corrected chi connectivity index (χ3v) is 4.35. The summed E-state index contributed by atoms with van der Waals surface area (Å²) >= 11 is 5.86. The van der Waals surface area contributed by atoms with Crippen LogP contribution >= 0.6 is 11.6 Å². The van der Waals surface area contributed by atoms with Crippen molar-refractivity contribution in [1.82, 2.24) is 5.32 Å². The molecule has 1 aliphatic rings. The Labute approximate surface area is 134 Å². The lowest BCUT2D eigenvalue weighted by Crippen LogP contribution is -2.53. The number of carboxylic acid groups (broad SMARTS) is 1.